The number of fused-ring (bicyclic) bond motifs is 1. The summed E-state index contributed by atoms with van der Waals surface area (Å²) >= 11 is 0. The maximum atomic E-state index is 12.1. The third-order valence-corrected chi connectivity index (χ3v) is 5.82. The van der Waals surface area contributed by atoms with Gasteiger partial charge < -0.3 is 5.32 Å². The summed E-state index contributed by atoms with van der Waals surface area (Å²) in [4.78, 5) is 17.0. The molecule has 0 aliphatic carbocycles. The highest BCUT2D eigenvalue weighted by atomic mass is 16.1. The zero-order chi connectivity index (χ0) is 22.7. The lowest BCUT2D eigenvalue weighted by Crippen LogP contribution is -2.28. The van der Waals surface area contributed by atoms with Crippen molar-refractivity contribution in [3.8, 4) is 11.1 Å². The Morgan fingerprint density at radius 1 is 0.906 bits per heavy atom. The Balaban J connectivity index is 1.75. The molecule has 1 atom stereocenters. The first-order valence-electron chi connectivity index (χ1n) is 11.1. The zero-order valence-corrected chi connectivity index (χ0v) is 19.2. The van der Waals surface area contributed by atoms with E-state index < -0.39 is 0 Å². The number of amides is 1. The first kappa shape index (κ1) is 21.8. The number of hydrogen-bond acceptors (Lipinski definition) is 2. The van der Waals surface area contributed by atoms with Gasteiger partial charge in [-0.15, -0.1) is 0 Å². The number of benzene rings is 3. The van der Waals surface area contributed by atoms with Crippen LogP contribution in [0.5, 0.6) is 0 Å². The van der Waals surface area contributed by atoms with E-state index in [-0.39, 0.29) is 17.4 Å². The molecule has 1 amide bonds. The number of carbonyl (C=O) groups excluding carboxylic acids is 1. The second-order valence-corrected chi connectivity index (χ2v) is 9.37. The third-order valence-electron chi connectivity index (χ3n) is 5.82. The average molecular weight is 423 g/mol. The third kappa shape index (κ3) is 4.88. The highest BCUT2D eigenvalue weighted by Crippen LogP contribution is 2.33. The lowest BCUT2D eigenvalue weighted by molar-refractivity contribution is -0.119. The van der Waals surface area contributed by atoms with Gasteiger partial charge in [-0.25, -0.2) is 0 Å². The van der Waals surface area contributed by atoms with Gasteiger partial charge in [0, 0.05) is 24.4 Å². The van der Waals surface area contributed by atoms with Crippen LogP contribution in [-0.2, 0) is 16.6 Å². The average Bonchev–Trinajstić information content (AvgIpc) is 2.78. The van der Waals surface area contributed by atoms with Gasteiger partial charge in [-0.1, -0.05) is 93.6 Å². The fraction of sp³-hybridized carbons (Fsp3) is 0.241. The minimum Gasteiger partial charge on any atom is -0.349 e. The van der Waals surface area contributed by atoms with Crippen LogP contribution in [0, 0.1) is 0 Å². The van der Waals surface area contributed by atoms with Crippen LogP contribution in [0.3, 0.4) is 0 Å². The summed E-state index contributed by atoms with van der Waals surface area (Å²) in [5.74, 6) is -0.0472. The summed E-state index contributed by atoms with van der Waals surface area (Å²) < 4.78 is 0. The van der Waals surface area contributed by atoms with Gasteiger partial charge in [0.05, 0.1) is 11.6 Å². The summed E-state index contributed by atoms with van der Waals surface area (Å²) in [6, 6.07) is 29.1. The highest BCUT2D eigenvalue weighted by Gasteiger charge is 2.20. The molecule has 1 aromatic heterocycles. The Kier molecular flexibility index (Phi) is 6.09. The van der Waals surface area contributed by atoms with E-state index in [1.54, 1.807) is 6.92 Å². The van der Waals surface area contributed by atoms with Crippen LogP contribution >= 0.6 is 0 Å². The number of para-hydroxylation sites is 1. The molecule has 1 N–H and O–H groups in total. The van der Waals surface area contributed by atoms with Crippen LogP contribution in [0.25, 0.3) is 22.0 Å². The van der Waals surface area contributed by atoms with Gasteiger partial charge in [-0.3, -0.25) is 9.78 Å². The van der Waals surface area contributed by atoms with Crippen molar-refractivity contribution in [1.82, 2.24) is 10.3 Å². The zero-order valence-electron chi connectivity index (χ0n) is 19.2. The van der Waals surface area contributed by atoms with Crippen molar-refractivity contribution in [3.63, 3.8) is 0 Å². The minimum atomic E-state index is -0.171. The van der Waals surface area contributed by atoms with E-state index >= 15 is 0 Å². The summed E-state index contributed by atoms with van der Waals surface area (Å²) in [6.07, 6.45) is 0.625. The Morgan fingerprint density at radius 3 is 2.44 bits per heavy atom. The van der Waals surface area contributed by atoms with Crippen molar-refractivity contribution in [2.75, 3.05) is 0 Å². The van der Waals surface area contributed by atoms with Crippen LogP contribution in [-0.4, -0.2) is 10.9 Å². The topological polar surface area (TPSA) is 42.0 Å². The Labute approximate surface area is 190 Å². The Hall–Kier alpha value is -3.46. The molecule has 0 bridgehead atoms. The molecule has 4 rings (SSSR count). The molecule has 3 aromatic carbocycles. The van der Waals surface area contributed by atoms with Crippen molar-refractivity contribution < 1.29 is 4.79 Å². The second-order valence-electron chi connectivity index (χ2n) is 9.37. The van der Waals surface area contributed by atoms with E-state index in [1.165, 1.54) is 5.56 Å². The fourth-order valence-electron chi connectivity index (χ4n) is 4.13. The number of hydrogen-bond donors (Lipinski definition) is 1. The van der Waals surface area contributed by atoms with Gasteiger partial charge in [0.15, 0.2) is 0 Å². The fourth-order valence-corrected chi connectivity index (χ4v) is 4.13. The molecular weight excluding hydrogens is 392 g/mol. The van der Waals surface area contributed by atoms with Gasteiger partial charge in [-0.2, -0.15) is 0 Å². The summed E-state index contributed by atoms with van der Waals surface area (Å²) in [7, 11) is 0. The number of aromatic nitrogens is 1. The van der Waals surface area contributed by atoms with Gasteiger partial charge in [-0.05, 0) is 39.8 Å². The molecule has 0 saturated heterocycles. The van der Waals surface area contributed by atoms with Crippen LogP contribution in [0.1, 0.15) is 50.6 Å². The molecule has 0 spiro atoms. The van der Waals surface area contributed by atoms with Crippen LogP contribution in [0.15, 0.2) is 84.9 Å². The quantitative estimate of drug-likeness (QED) is 0.393. The van der Waals surface area contributed by atoms with E-state index in [1.807, 2.05) is 24.3 Å². The summed E-state index contributed by atoms with van der Waals surface area (Å²) in [5, 5.41) is 4.29. The number of rotatable bonds is 5. The smallest absolute Gasteiger partial charge is 0.217 e. The van der Waals surface area contributed by atoms with E-state index in [4.69, 9.17) is 4.98 Å². The molecule has 0 fully saturated rings. The lowest BCUT2D eigenvalue weighted by Gasteiger charge is -2.23. The van der Waals surface area contributed by atoms with Gasteiger partial charge in [0.25, 0.3) is 0 Å². The molecule has 162 valence electrons. The van der Waals surface area contributed by atoms with Gasteiger partial charge >= 0.3 is 0 Å². The van der Waals surface area contributed by atoms with Crippen molar-refractivity contribution in [2.24, 2.45) is 0 Å². The summed E-state index contributed by atoms with van der Waals surface area (Å²) in [5.41, 5.74) is 6.68. The molecule has 0 saturated carbocycles. The van der Waals surface area contributed by atoms with E-state index in [2.05, 4.69) is 86.8 Å². The van der Waals surface area contributed by atoms with Gasteiger partial charge in [0.2, 0.25) is 5.91 Å². The van der Waals surface area contributed by atoms with Crippen LogP contribution < -0.4 is 5.32 Å². The molecule has 0 unspecified atom stereocenters. The molecule has 3 heteroatoms. The van der Waals surface area contributed by atoms with Crippen molar-refractivity contribution >= 4 is 16.8 Å². The lowest BCUT2D eigenvalue weighted by atomic mass is 9.84. The van der Waals surface area contributed by atoms with Crippen molar-refractivity contribution in [2.45, 2.75) is 45.6 Å². The molecular formula is C29H30N2O. The molecule has 0 aliphatic rings. The largest absolute Gasteiger partial charge is 0.349 e. The van der Waals surface area contributed by atoms with Crippen LogP contribution in [0.2, 0.25) is 0 Å². The van der Waals surface area contributed by atoms with E-state index in [0.29, 0.717) is 6.42 Å². The Bertz CT molecular complexity index is 1250. The molecule has 0 radical (unpaired) electrons. The molecule has 3 nitrogen and oxygen atoms in total. The monoisotopic (exact) mass is 422 g/mol. The molecule has 1 heterocycles. The van der Waals surface area contributed by atoms with Gasteiger partial charge in [0.1, 0.15) is 0 Å². The second kappa shape index (κ2) is 8.96. The minimum absolute atomic E-state index is 0.0472. The first-order chi connectivity index (χ1) is 15.3. The highest BCUT2D eigenvalue weighted by molar-refractivity contribution is 5.78. The molecule has 4 aromatic rings. The predicted octanol–water partition coefficient (Wildman–Crippen LogP) is 6.62. The SMILES string of the molecule is CC(=O)N[C@H](Cc1ccc2ccccc2n1)c1ccccc1-c1cccc(C(C)(C)C)c1. The normalized spacial score (nSPS) is 12.5. The van der Waals surface area contributed by atoms with E-state index in [9.17, 15) is 4.79 Å². The number of nitrogens with one attached hydrogen (secondary N) is 1. The van der Waals surface area contributed by atoms with Crippen LogP contribution in [0.4, 0.5) is 0 Å². The van der Waals surface area contributed by atoms with E-state index in [0.717, 1.165) is 33.3 Å². The number of pyridine rings is 1. The Morgan fingerprint density at radius 2 is 1.66 bits per heavy atom. The molecule has 32 heavy (non-hydrogen) atoms. The maximum Gasteiger partial charge on any atom is 0.217 e. The number of carbonyl (C=O) groups is 1. The van der Waals surface area contributed by atoms with Crippen molar-refractivity contribution in [3.05, 3.63) is 102 Å². The molecule has 0 aliphatic heterocycles. The summed E-state index contributed by atoms with van der Waals surface area (Å²) in [6.45, 7) is 8.25. The standard InChI is InChI=1S/C29H30N2O/c1-20(32)30-28(19-24-17-16-21-10-5-8-15-27(21)31-24)26-14-7-6-13-25(26)22-11-9-12-23(18-22)29(2,3)4/h5-18,28H,19H2,1-4H3,(H,30,32)/t28-/m1/s1. The number of nitrogens with zero attached hydrogens (tertiary/aromatic N) is 1. The maximum absolute atomic E-state index is 12.1. The first-order valence-corrected chi connectivity index (χ1v) is 11.1. The van der Waals surface area contributed by atoms with Crippen molar-refractivity contribution in [1.29, 1.82) is 0 Å². The predicted molar refractivity (Wildman–Crippen MR) is 133 cm³/mol.